The predicted octanol–water partition coefficient (Wildman–Crippen LogP) is 2.78. The molecule has 7 nitrogen and oxygen atoms in total. The highest BCUT2D eigenvalue weighted by Gasteiger charge is 2.27. The first-order valence-corrected chi connectivity index (χ1v) is 10.5. The van der Waals surface area contributed by atoms with Crippen molar-refractivity contribution in [1.82, 2.24) is 19.9 Å². The van der Waals surface area contributed by atoms with Gasteiger partial charge in [0.05, 0.1) is 0 Å². The number of likely N-dealkylation sites (N-methyl/N-ethyl adjacent to an activating group) is 1. The van der Waals surface area contributed by atoms with Crippen LogP contribution >= 0.6 is 11.8 Å². The minimum atomic E-state index is 0.385. The van der Waals surface area contributed by atoms with Crippen LogP contribution in [0.15, 0.2) is 17.6 Å². The van der Waals surface area contributed by atoms with Gasteiger partial charge >= 0.3 is 0 Å². The van der Waals surface area contributed by atoms with Gasteiger partial charge in [-0.15, -0.1) is 0 Å². The fourth-order valence-corrected chi connectivity index (χ4v) is 3.82. The average Bonchev–Trinajstić information content (AvgIpc) is 2.69. The Balaban J connectivity index is 1.82. The van der Waals surface area contributed by atoms with Crippen molar-refractivity contribution >= 4 is 29.2 Å². The summed E-state index contributed by atoms with van der Waals surface area (Å²) >= 11 is 1.60. The Morgan fingerprint density at radius 1 is 1.11 bits per heavy atom. The molecule has 0 N–H and O–H groups in total. The Morgan fingerprint density at radius 2 is 1.85 bits per heavy atom. The first-order valence-electron chi connectivity index (χ1n) is 9.27. The molecule has 1 unspecified atom stereocenters. The Hall–Kier alpha value is -2.09. The van der Waals surface area contributed by atoms with E-state index in [0.29, 0.717) is 6.04 Å². The number of aromatic nitrogens is 4. The number of rotatable bonds is 5. The Kier molecular flexibility index (Phi) is 6.04. The first-order chi connectivity index (χ1) is 12.9. The van der Waals surface area contributed by atoms with Crippen molar-refractivity contribution in [2.75, 3.05) is 55.2 Å². The molecule has 0 saturated carbocycles. The lowest BCUT2D eigenvalue weighted by Gasteiger charge is -2.39. The van der Waals surface area contributed by atoms with Crippen LogP contribution in [0.5, 0.6) is 0 Å². The molecule has 0 bridgehead atoms. The van der Waals surface area contributed by atoms with Crippen molar-refractivity contribution in [3.8, 4) is 0 Å². The number of thioether (sulfide) groups is 1. The van der Waals surface area contributed by atoms with Gasteiger partial charge in [-0.25, -0.2) is 19.9 Å². The molecule has 3 heterocycles. The van der Waals surface area contributed by atoms with E-state index in [0.717, 1.165) is 54.2 Å². The number of hydrogen-bond acceptors (Lipinski definition) is 8. The van der Waals surface area contributed by atoms with E-state index in [-0.39, 0.29) is 0 Å². The van der Waals surface area contributed by atoms with Crippen LogP contribution in [0.25, 0.3) is 0 Å². The zero-order valence-corrected chi connectivity index (χ0v) is 17.9. The topological polar surface area (TPSA) is 61.3 Å². The van der Waals surface area contributed by atoms with Gasteiger partial charge in [-0.05, 0) is 32.9 Å². The van der Waals surface area contributed by atoms with Gasteiger partial charge in [0.1, 0.15) is 23.8 Å². The highest BCUT2D eigenvalue weighted by molar-refractivity contribution is 7.98. The fourth-order valence-electron chi connectivity index (χ4n) is 3.41. The monoisotopic (exact) mass is 387 g/mol. The summed E-state index contributed by atoms with van der Waals surface area (Å²) in [6, 6.07) is 2.43. The Bertz CT molecular complexity index is 796. The second-order valence-corrected chi connectivity index (χ2v) is 8.00. The SMILES string of the molecule is CSc1nc(C)c(C)c(N2CCCC(N(C)c3cc(N(C)C)ncn3)C2)n1. The largest absolute Gasteiger partial charge is 0.363 e. The summed E-state index contributed by atoms with van der Waals surface area (Å²) in [6.45, 7) is 6.15. The number of anilines is 3. The molecule has 0 spiro atoms. The maximum atomic E-state index is 4.81. The van der Waals surface area contributed by atoms with Crippen LogP contribution in [0.2, 0.25) is 0 Å². The van der Waals surface area contributed by atoms with Crippen molar-refractivity contribution in [3.63, 3.8) is 0 Å². The lowest BCUT2D eigenvalue weighted by Crippen LogP contribution is -2.47. The summed E-state index contributed by atoms with van der Waals surface area (Å²) in [5.74, 6) is 2.95. The average molecular weight is 388 g/mol. The summed E-state index contributed by atoms with van der Waals surface area (Å²) in [5, 5.41) is 0.843. The minimum absolute atomic E-state index is 0.385. The molecular formula is C19H29N7S. The van der Waals surface area contributed by atoms with Crippen LogP contribution in [-0.2, 0) is 0 Å². The zero-order valence-electron chi connectivity index (χ0n) is 17.1. The maximum absolute atomic E-state index is 4.81. The van der Waals surface area contributed by atoms with Crippen molar-refractivity contribution in [1.29, 1.82) is 0 Å². The van der Waals surface area contributed by atoms with Gasteiger partial charge < -0.3 is 14.7 Å². The van der Waals surface area contributed by atoms with E-state index in [2.05, 4.69) is 45.6 Å². The number of piperidine rings is 1. The van der Waals surface area contributed by atoms with E-state index in [9.17, 15) is 0 Å². The number of hydrogen-bond donors (Lipinski definition) is 0. The van der Waals surface area contributed by atoms with E-state index < -0.39 is 0 Å². The van der Waals surface area contributed by atoms with Crippen molar-refractivity contribution < 1.29 is 0 Å². The molecule has 1 aliphatic heterocycles. The third kappa shape index (κ3) is 4.26. The molecule has 2 aromatic heterocycles. The van der Waals surface area contributed by atoms with Crippen molar-refractivity contribution in [3.05, 3.63) is 23.7 Å². The third-order valence-corrected chi connectivity index (χ3v) is 5.77. The minimum Gasteiger partial charge on any atom is -0.363 e. The van der Waals surface area contributed by atoms with E-state index in [1.165, 1.54) is 5.56 Å². The molecule has 0 aromatic carbocycles. The molecule has 8 heteroatoms. The summed E-state index contributed by atoms with van der Waals surface area (Å²) < 4.78 is 0. The van der Waals surface area contributed by atoms with Gasteiger partial charge in [0.25, 0.3) is 0 Å². The fraction of sp³-hybridized carbons (Fsp3) is 0.579. The summed E-state index contributed by atoms with van der Waals surface area (Å²) in [7, 11) is 6.12. The molecule has 1 fully saturated rings. The summed E-state index contributed by atoms with van der Waals surface area (Å²) in [6.07, 6.45) is 5.95. The number of nitrogens with zero attached hydrogens (tertiary/aromatic N) is 7. The van der Waals surface area contributed by atoms with Crippen LogP contribution in [0.3, 0.4) is 0 Å². The van der Waals surface area contributed by atoms with E-state index in [1.54, 1.807) is 18.1 Å². The van der Waals surface area contributed by atoms with Crippen LogP contribution in [0.4, 0.5) is 17.5 Å². The highest BCUT2D eigenvalue weighted by Crippen LogP contribution is 2.28. The molecule has 1 aliphatic rings. The quantitative estimate of drug-likeness (QED) is 0.573. The predicted molar refractivity (Wildman–Crippen MR) is 113 cm³/mol. The zero-order chi connectivity index (χ0) is 19.6. The summed E-state index contributed by atoms with van der Waals surface area (Å²) in [4.78, 5) is 24.9. The lowest BCUT2D eigenvalue weighted by atomic mass is 10.0. The maximum Gasteiger partial charge on any atom is 0.189 e. The molecule has 0 radical (unpaired) electrons. The van der Waals surface area contributed by atoms with Gasteiger partial charge in [-0.1, -0.05) is 11.8 Å². The van der Waals surface area contributed by atoms with Crippen LogP contribution in [-0.4, -0.2) is 66.5 Å². The van der Waals surface area contributed by atoms with Crippen LogP contribution in [0.1, 0.15) is 24.1 Å². The smallest absolute Gasteiger partial charge is 0.189 e. The molecule has 0 aliphatic carbocycles. The second kappa shape index (κ2) is 8.29. The van der Waals surface area contributed by atoms with Gasteiger partial charge in [-0.2, -0.15) is 0 Å². The normalized spacial score (nSPS) is 17.1. The lowest BCUT2D eigenvalue weighted by molar-refractivity contribution is 0.481. The van der Waals surface area contributed by atoms with Crippen molar-refractivity contribution in [2.24, 2.45) is 0 Å². The molecule has 3 rings (SSSR count). The first kappa shape index (κ1) is 19.7. The molecule has 0 amide bonds. The summed E-state index contributed by atoms with van der Waals surface area (Å²) in [5.41, 5.74) is 2.24. The number of aryl methyl sites for hydroxylation is 1. The molecule has 27 heavy (non-hydrogen) atoms. The van der Waals surface area contributed by atoms with Crippen molar-refractivity contribution in [2.45, 2.75) is 37.9 Å². The highest BCUT2D eigenvalue weighted by atomic mass is 32.2. The molecule has 1 saturated heterocycles. The van der Waals surface area contributed by atoms with E-state index in [1.807, 2.05) is 31.3 Å². The van der Waals surface area contributed by atoms with E-state index >= 15 is 0 Å². The van der Waals surface area contributed by atoms with Crippen LogP contribution < -0.4 is 14.7 Å². The molecule has 146 valence electrons. The van der Waals surface area contributed by atoms with Gasteiger partial charge in [0.15, 0.2) is 5.16 Å². The molecule has 2 aromatic rings. The Labute approximate surface area is 166 Å². The van der Waals surface area contributed by atoms with Gasteiger partial charge in [-0.3, -0.25) is 0 Å². The van der Waals surface area contributed by atoms with E-state index in [4.69, 9.17) is 4.98 Å². The molecule has 1 atom stereocenters. The standard InChI is InChI=1S/C19H29N7S/c1-13-14(2)22-19(27-6)23-18(13)26-9-7-8-15(11-26)25(5)17-10-16(24(3)4)20-12-21-17/h10,12,15H,7-9,11H2,1-6H3. The Morgan fingerprint density at radius 3 is 2.56 bits per heavy atom. The third-order valence-electron chi connectivity index (χ3n) is 5.23. The van der Waals surface area contributed by atoms with Gasteiger partial charge in [0, 0.05) is 57.6 Å². The molecular weight excluding hydrogens is 358 g/mol. The van der Waals surface area contributed by atoms with Gasteiger partial charge in [0.2, 0.25) is 0 Å². The van der Waals surface area contributed by atoms with Crippen LogP contribution in [0, 0.1) is 13.8 Å². The second-order valence-electron chi connectivity index (χ2n) is 7.23.